The summed E-state index contributed by atoms with van der Waals surface area (Å²) >= 11 is 0. The van der Waals surface area contributed by atoms with Gasteiger partial charge in [0, 0.05) is 25.0 Å². The van der Waals surface area contributed by atoms with Crippen molar-refractivity contribution in [3.05, 3.63) is 29.8 Å². The molecule has 0 aromatic heterocycles. The van der Waals surface area contributed by atoms with Crippen LogP contribution >= 0.6 is 0 Å². The monoisotopic (exact) mass is 276 g/mol. The first-order valence-electron chi connectivity index (χ1n) is 7.28. The molecule has 1 aromatic carbocycles. The SMILES string of the molecule is COc1cccc(CCC(=O)N2CC[C@H](N)C[C@@H]2C)c1. The fourth-order valence-corrected chi connectivity index (χ4v) is 2.80. The van der Waals surface area contributed by atoms with Gasteiger partial charge in [-0.05, 0) is 43.9 Å². The highest BCUT2D eigenvalue weighted by Crippen LogP contribution is 2.19. The molecule has 0 saturated carbocycles. The van der Waals surface area contributed by atoms with Crippen LogP contribution in [0.3, 0.4) is 0 Å². The Morgan fingerprint density at radius 1 is 1.50 bits per heavy atom. The van der Waals surface area contributed by atoms with E-state index >= 15 is 0 Å². The minimum atomic E-state index is 0.229. The first kappa shape index (κ1) is 14.9. The van der Waals surface area contributed by atoms with Gasteiger partial charge in [0.2, 0.25) is 5.91 Å². The second kappa shape index (κ2) is 6.75. The topological polar surface area (TPSA) is 55.6 Å². The van der Waals surface area contributed by atoms with Crippen LogP contribution in [0.1, 0.15) is 31.7 Å². The number of likely N-dealkylation sites (tertiary alicyclic amines) is 1. The number of hydrogen-bond acceptors (Lipinski definition) is 3. The molecule has 2 N–H and O–H groups in total. The van der Waals surface area contributed by atoms with Gasteiger partial charge >= 0.3 is 0 Å². The van der Waals surface area contributed by atoms with Crippen LogP contribution in [0.25, 0.3) is 0 Å². The van der Waals surface area contributed by atoms with E-state index in [1.807, 2.05) is 29.2 Å². The third kappa shape index (κ3) is 3.73. The molecule has 1 aromatic rings. The van der Waals surface area contributed by atoms with Gasteiger partial charge in [0.15, 0.2) is 0 Å². The van der Waals surface area contributed by atoms with Crippen molar-refractivity contribution >= 4 is 5.91 Å². The highest BCUT2D eigenvalue weighted by atomic mass is 16.5. The third-order valence-corrected chi connectivity index (χ3v) is 4.00. The Bertz CT molecular complexity index is 462. The first-order chi connectivity index (χ1) is 9.60. The lowest BCUT2D eigenvalue weighted by molar-refractivity contribution is -0.134. The smallest absolute Gasteiger partial charge is 0.223 e. The Morgan fingerprint density at radius 3 is 3.00 bits per heavy atom. The molecule has 0 radical (unpaired) electrons. The number of piperidine rings is 1. The van der Waals surface area contributed by atoms with Gasteiger partial charge in [-0.1, -0.05) is 12.1 Å². The average molecular weight is 276 g/mol. The number of hydrogen-bond donors (Lipinski definition) is 1. The maximum atomic E-state index is 12.3. The second-order valence-electron chi connectivity index (χ2n) is 5.57. The van der Waals surface area contributed by atoms with Gasteiger partial charge in [-0.3, -0.25) is 4.79 Å². The van der Waals surface area contributed by atoms with E-state index < -0.39 is 0 Å². The van der Waals surface area contributed by atoms with E-state index in [0.717, 1.165) is 37.1 Å². The number of carbonyl (C=O) groups is 1. The molecule has 0 aliphatic carbocycles. The van der Waals surface area contributed by atoms with Crippen molar-refractivity contribution in [1.29, 1.82) is 0 Å². The zero-order valence-electron chi connectivity index (χ0n) is 12.3. The minimum absolute atomic E-state index is 0.229. The normalized spacial score (nSPS) is 22.6. The van der Waals surface area contributed by atoms with Crippen molar-refractivity contribution in [2.45, 2.75) is 44.7 Å². The van der Waals surface area contributed by atoms with Gasteiger partial charge in [0.05, 0.1) is 7.11 Å². The van der Waals surface area contributed by atoms with Crippen molar-refractivity contribution < 1.29 is 9.53 Å². The Labute approximate surface area is 120 Å². The quantitative estimate of drug-likeness (QED) is 0.914. The number of nitrogens with two attached hydrogens (primary N) is 1. The standard InChI is InChI=1S/C16H24N2O2/c1-12-10-14(17)8-9-18(12)16(19)7-6-13-4-3-5-15(11-13)20-2/h3-5,11-12,14H,6-10,17H2,1-2H3/t12-,14-/m0/s1. The number of rotatable bonds is 4. The number of ether oxygens (including phenoxy) is 1. The van der Waals surface area contributed by atoms with E-state index in [-0.39, 0.29) is 18.0 Å². The van der Waals surface area contributed by atoms with Crippen molar-refractivity contribution in [2.75, 3.05) is 13.7 Å². The number of aryl methyl sites for hydroxylation is 1. The maximum absolute atomic E-state index is 12.3. The zero-order valence-corrected chi connectivity index (χ0v) is 12.3. The first-order valence-corrected chi connectivity index (χ1v) is 7.28. The van der Waals surface area contributed by atoms with Crippen LogP contribution in [0, 0.1) is 0 Å². The highest BCUT2D eigenvalue weighted by Gasteiger charge is 2.26. The van der Waals surface area contributed by atoms with Crippen LogP contribution in [0.15, 0.2) is 24.3 Å². The number of nitrogens with zero attached hydrogens (tertiary/aromatic N) is 1. The molecule has 1 amide bonds. The van der Waals surface area contributed by atoms with Gasteiger partial charge in [-0.15, -0.1) is 0 Å². The predicted octanol–water partition coefficient (Wildman–Crippen LogP) is 1.97. The van der Waals surface area contributed by atoms with E-state index in [0.29, 0.717) is 6.42 Å². The molecule has 0 spiro atoms. The molecule has 20 heavy (non-hydrogen) atoms. The summed E-state index contributed by atoms with van der Waals surface area (Å²) in [6, 6.07) is 8.40. The molecule has 1 saturated heterocycles. The molecule has 0 unspecified atom stereocenters. The lowest BCUT2D eigenvalue weighted by Gasteiger charge is -2.36. The fourth-order valence-electron chi connectivity index (χ4n) is 2.80. The summed E-state index contributed by atoms with van der Waals surface area (Å²) < 4.78 is 5.20. The molecule has 1 aliphatic rings. The van der Waals surface area contributed by atoms with E-state index in [2.05, 4.69) is 6.92 Å². The van der Waals surface area contributed by atoms with Crippen molar-refractivity contribution in [1.82, 2.24) is 4.90 Å². The highest BCUT2D eigenvalue weighted by molar-refractivity contribution is 5.77. The molecular weight excluding hydrogens is 252 g/mol. The molecule has 4 nitrogen and oxygen atoms in total. The molecule has 110 valence electrons. The number of benzene rings is 1. The molecule has 4 heteroatoms. The Kier molecular flexibility index (Phi) is 5.01. The van der Waals surface area contributed by atoms with Crippen molar-refractivity contribution in [2.24, 2.45) is 5.73 Å². The van der Waals surface area contributed by atoms with Crippen LogP contribution in [-0.2, 0) is 11.2 Å². The van der Waals surface area contributed by atoms with Crippen LogP contribution in [-0.4, -0.2) is 36.5 Å². The molecule has 1 heterocycles. The number of amides is 1. The Morgan fingerprint density at radius 2 is 2.30 bits per heavy atom. The molecule has 0 bridgehead atoms. The average Bonchev–Trinajstić information content (AvgIpc) is 2.45. The summed E-state index contributed by atoms with van der Waals surface area (Å²) in [5.41, 5.74) is 7.07. The minimum Gasteiger partial charge on any atom is -0.497 e. The number of carbonyl (C=O) groups excluding carboxylic acids is 1. The van der Waals surface area contributed by atoms with E-state index in [1.165, 1.54) is 0 Å². The van der Waals surface area contributed by atoms with Gasteiger partial charge in [0.25, 0.3) is 0 Å². The van der Waals surface area contributed by atoms with Crippen LogP contribution in [0.2, 0.25) is 0 Å². The van der Waals surface area contributed by atoms with Crippen LogP contribution in [0.4, 0.5) is 0 Å². The molecule has 2 rings (SSSR count). The second-order valence-corrected chi connectivity index (χ2v) is 5.57. The maximum Gasteiger partial charge on any atom is 0.223 e. The third-order valence-electron chi connectivity index (χ3n) is 4.00. The summed E-state index contributed by atoms with van der Waals surface area (Å²) in [7, 11) is 1.66. The van der Waals surface area contributed by atoms with Crippen LogP contribution in [0.5, 0.6) is 5.75 Å². The Hall–Kier alpha value is -1.55. The molecule has 2 atom stereocenters. The van der Waals surface area contributed by atoms with Crippen molar-refractivity contribution in [3.8, 4) is 5.75 Å². The van der Waals surface area contributed by atoms with Gasteiger partial charge in [-0.25, -0.2) is 0 Å². The summed E-state index contributed by atoms with van der Waals surface area (Å²) in [5.74, 6) is 1.07. The fraction of sp³-hybridized carbons (Fsp3) is 0.562. The van der Waals surface area contributed by atoms with E-state index in [9.17, 15) is 4.79 Å². The molecular formula is C16H24N2O2. The van der Waals surface area contributed by atoms with E-state index in [4.69, 9.17) is 10.5 Å². The number of methoxy groups -OCH3 is 1. The predicted molar refractivity (Wildman–Crippen MR) is 79.7 cm³/mol. The summed E-state index contributed by atoms with van der Waals surface area (Å²) in [6.07, 6.45) is 3.12. The summed E-state index contributed by atoms with van der Waals surface area (Å²) in [5, 5.41) is 0. The van der Waals surface area contributed by atoms with Crippen molar-refractivity contribution in [3.63, 3.8) is 0 Å². The summed E-state index contributed by atoms with van der Waals surface area (Å²) in [4.78, 5) is 14.3. The zero-order chi connectivity index (χ0) is 14.5. The van der Waals surface area contributed by atoms with E-state index in [1.54, 1.807) is 7.11 Å². The molecule has 1 aliphatic heterocycles. The van der Waals surface area contributed by atoms with Gasteiger partial charge < -0.3 is 15.4 Å². The summed E-state index contributed by atoms with van der Waals surface area (Å²) in [6.45, 7) is 2.88. The Balaban J connectivity index is 1.88. The van der Waals surface area contributed by atoms with Crippen LogP contribution < -0.4 is 10.5 Å². The lowest BCUT2D eigenvalue weighted by atomic mass is 9.98. The van der Waals surface area contributed by atoms with Gasteiger partial charge in [-0.2, -0.15) is 0 Å². The molecule has 1 fully saturated rings. The lowest BCUT2D eigenvalue weighted by Crippen LogP contribution is -2.48. The van der Waals surface area contributed by atoms with Gasteiger partial charge in [0.1, 0.15) is 5.75 Å². The largest absolute Gasteiger partial charge is 0.497 e.